The van der Waals surface area contributed by atoms with Gasteiger partial charge in [-0.1, -0.05) is 103 Å². The second-order valence-corrected chi connectivity index (χ2v) is 14.2. The topological polar surface area (TPSA) is 51.4 Å². The summed E-state index contributed by atoms with van der Waals surface area (Å²) in [6.45, 7) is 0. The van der Waals surface area contributed by atoms with Gasteiger partial charge in [-0.05, 0) is 83.4 Å². The molecule has 0 aliphatic carbocycles. The Morgan fingerprint density at radius 1 is 0.491 bits per heavy atom. The van der Waals surface area contributed by atoms with Crippen LogP contribution in [0.15, 0.2) is 176 Å². The number of para-hydroxylation sites is 3. The van der Waals surface area contributed by atoms with Crippen molar-refractivity contribution in [3.8, 4) is 45.1 Å². The number of H-pyrrole nitrogens is 1. The summed E-state index contributed by atoms with van der Waals surface area (Å²) in [4.78, 5) is 13.7. The Bertz CT molecular complexity index is 3340. The average Bonchev–Trinajstić information content (AvgIpc) is 3.93. The van der Waals surface area contributed by atoms with Gasteiger partial charge in [0.25, 0.3) is 0 Å². The SMILES string of the molecule is FC(F)(F)c1cccc(-n2c(-c3cccc4c3[nH]c3ccccc34)nc3c(-c4ccc5c6cc(-c7ccccc7)ccc6n(-c6ccccn6)c5c4)cccc32)c1. The molecule has 11 aromatic rings. The molecule has 0 aliphatic heterocycles. The molecule has 0 fully saturated rings. The molecule has 0 bridgehead atoms. The standard InChI is InChI=1S/C49H30F3N5/c50-49(51,52)33-13-8-14-34(29-33)56-43-20-10-16-35(47(43)55-48(56)39-18-9-17-38-36-15-4-5-19-41(36)54-46(38)39)32-22-24-37-40-27-31(30-11-2-1-3-12-30)23-25-42(40)57(44(37)28-32)45-21-6-7-26-53-45/h1-29,54H. The lowest BCUT2D eigenvalue weighted by Gasteiger charge is -2.13. The van der Waals surface area contributed by atoms with E-state index in [-0.39, 0.29) is 0 Å². The van der Waals surface area contributed by atoms with E-state index in [2.05, 4.69) is 70.2 Å². The highest BCUT2D eigenvalue weighted by molar-refractivity contribution is 6.13. The Kier molecular flexibility index (Phi) is 7.25. The molecule has 272 valence electrons. The molecular formula is C49H30F3N5. The smallest absolute Gasteiger partial charge is 0.354 e. The normalized spacial score (nSPS) is 12.1. The molecule has 0 saturated carbocycles. The molecule has 0 atom stereocenters. The summed E-state index contributed by atoms with van der Waals surface area (Å²) in [5, 5.41) is 4.24. The highest BCUT2D eigenvalue weighted by Crippen LogP contribution is 2.42. The summed E-state index contributed by atoms with van der Waals surface area (Å²) in [5.41, 5.74) is 9.64. The number of hydrogen-bond acceptors (Lipinski definition) is 2. The Balaban J connectivity index is 1.18. The zero-order valence-corrected chi connectivity index (χ0v) is 30.2. The Morgan fingerprint density at radius 2 is 1.26 bits per heavy atom. The van der Waals surface area contributed by atoms with Crippen molar-refractivity contribution >= 4 is 54.6 Å². The summed E-state index contributed by atoms with van der Waals surface area (Å²) in [5.74, 6) is 1.33. The molecule has 1 N–H and O–H groups in total. The summed E-state index contributed by atoms with van der Waals surface area (Å²) >= 11 is 0. The molecule has 11 rings (SSSR count). The number of benzene rings is 7. The largest absolute Gasteiger partial charge is 0.416 e. The molecule has 0 radical (unpaired) electrons. The minimum absolute atomic E-state index is 0.368. The van der Waals surface area contributed by atoms with Crippen molar-refractivity contribution in [2.75, 3.05) is 0 Å². The maximum atomic E-state index is 14.2. The van der Waals surface area contributed by atoms with E-state index in [1.807, 2.05) is 89.5 Å². The number of hydrogen-bond donors (Lipinski definition) is 1. The Hall–Kier alpha value is -7.45. The number of fused-ring (bicyclic) bond motifs is 7. The van der Waals surface area contributed by atoms with E-state index in [9.17, 15) is 13.2 Å². The van der Waals surface area contributed by atoms with Crippen molar-refractivity contribution in [2.45, 2.75) is 6.18 Å². The number of pyridine rings is 1. The van der Waals surface area contributed by atoms with E-state index in [0.717, 1.165) is 83.3 Å². The van der Waals surface area contributed by atoms with Crippen molar-refractivity contribution in [3.05, 3.63) is 182 Å². The van der Waals surface area contributed by atoms with Crippen LogP contribution >= 0.6 is 0 Å². The van der Waals surface area contributed by atoms with Gasteiger partial charge in [-0.15, -0.1) is 0 Å². The van der Waals surface area contributed by atoms with Gasteiger partial charge in [0.1, 0.15) is 11.6 Å². The maximum absolute atomic E-state index is 14.2. The second kappa shape index (κ2) is 12.5. The number of nitrogens with zero attached hydrogens (tertiary/aromatic N) is 4. The Morgan fingerprint density at radius 3 is 2.12 bits per heavy atom. The van der Waals surface area contributed by atoms with Gasteiger partial charge in [0.15, 0.2) is 0 Å². The molecule has 8 heteroatoms. The lowest BCUT2D eigenvalue weighted by molar-refractivity contribution is -0.137. The first-order chi connectivity index (χ1) is 27.9. The van der Waals surface area contributed by atoms with Crippen molar-refractivity contribution in [1.29, 1.82) is 0 Å². The third-order valence-electron chi connectivity index (χ3n) is 11.0. The molecule has 57 heavy (non-hydrogen) atoms. The second-order valence-electron chi connectivity index (χ2n) is 14.2. The number of aromatic nitrogens is 5. The number of rotatable bonds is 5. The van der Waals surface area contributed by atoms with Crippen molar-refractivity contribution in [1.82, 2.24) is 24.1 Å². The zero-order valence-electron chi connectivity index (χ0n) is 30.2. The Labute approximate surface area is 323 Å². The fourth-order valence-electron chi connectivity index (χ4n) is 8.39. The summed E-state index contributed by atoms with van der Waals surface area (Å²) in [6, 6.07) is 54.6. The zero-order chi connectivity index (χ0) is 38.3. The van der Waals surface area contributed by atoms with E-state index in [4.69, 9.17) is 9.97 Å². The van der Waals surface area contributed by atoms with Crippen molar-refractivity contribution in [3.63, 3.8) is 0 Å². The average molecular weight is 746 g/mol. The molecule has 4 aromatic heterocycles. The number of alkyl halides is 3. The van der Waals surface area contributed by atoms with Gasteiger partial charge < -0.3 is 4.98 Å². The van der Waals surface area contributed by atoms with Crippen LogP contribution in [0.25, 0.3) is 99.8 Å². The van der Waals surface area contributed by atoms with Gasteiger partial charge in [0.2, 0.25) is 0 Å². The number of imidazole rings is 1. The highest BCUT2D eigenvalue weighted by Gasteiger charge is 2.31. The number of aromatic amines is 1. The minimum Gasteiger partial charge on any atom is -0.354 e. The molecule has 0 spiro atoms. The van der Waals surface area contributed by atoms with Gasteiger partial charge >= 0.3 is 6.18 Å². The number of nitrogens with one attached hydrogen (secondary N) is 1. The van der Waals surface area contributed by atoms with E-state index < -0.39 is 11.7 Å². The quantitative estimate of drug-likeness (QED) is 0.191. The van der Waals surface area contributed by atoms with Crippen molar-refractivity contribution in [2.24, 2.45) is 0 Å². The molecule has 0 saturated heterocycles. The predicted octanol–water partition coefficient (Wildman–Crippen LogP) is 13.2. The maximum Gasteiger partial charge on any atom is 0.416 e. The van der Waals surface area contributed by atoms with Gasteiger partial charge in [0.05, 0.1) is 33.1 Å². The summed E-state index contributed by atoms with van der Waals surface area (Å²) in [7, 11) is 0. The van der Waals surface area contributed by atoms with E-state index in [1.165, 1.54) is 12.1 Å². The molecule has 4 heterocycles. The van der Waals surface area contributed by atoms with E-state index in [1.54, 1.807) is 12.3 Å². The van der Waals surface area contributed by atoms with Gasteiger partial charge in [-0.25, -0.2) is 9.97 Å². The minimum atomic E-state index is -4.52. The third-order valence-corrected chi connectivity index (χ3v) is 11.0. The molecule has 0 unspecified atom stereocenters. The highest BCUT2D eigenvalue weighted by atomic mass is 19.4. The molecule has 0 aliphatic rings. The third kappa shape index (κ3) is 5.25. The van der Waals surface area contributed by atoms with Crippen LogP contribution in [0.1, 0.15) is 5.56 Å². The fraction of sp³-hybridized carbons (Fsp3) is 0.0204. The molecule has 7 aromatic carbocycles. The fourth-order valence-corrected chi connectivity index (χ4v) is 8.39. The van der Waals surface area contributed by atoms with Crippen LogP contribution < -0.4 is 0 Å². The first-order valence-corrected chi connectivity index (χ1v) is 18.6. The van der Waals surface area contributed by atoms with Gasteiger partial charge in [-0.3, -0.25) is 9.13 Å². The summed E-state index contributed by atoms with van der Waals surface area (Å²) in [6.07, 6.45) is -2.72. The lowest BCUT2D eigenvalue weighted by Crippen LogP contribution is -2.06. The molecular weight excluding hydrogens is 716 g/mol. The number of halogens is 3. The van der Waals surface area contributed by atoms with Gasteiger partial charge in [-0.2, -0.15) is 13.2 Å². The van der Waals surface area contributed by atoms with Crippen LogP contribution in [-0.2, 0) is 6.18 Å². The lowest BCUT2D eigenvalue weighted by atomic mass is 10.0. The van der Waals surface area contributed by atoms with Crippen molar-refractivity contribution < 1.29 is 13.2 Å². The van der Waals surface area contributed by atoms with Gasteiger partial charge in [0, 0.05) is 50.1 Å². The van der Waals surface area contributed by atoms with Crippen LogP contribution in [-0.4, -0.2) is 24.1 Å². The molecule has 0 amide bonds. The van der Waals surface area contributed by atoms with Crippen LogP contribution in [0.4, 0.5) is 13.2 Å². The van der Waals surface area contributed by atoms with Crippen LogP contribution in [0.5, 0.6) is 0 Å². The summed E-state index contributed by atoms with van der Waals surface area (Å²) < 4.78 is 46.6. The first-order valence-electron chi connectivity index (χ1n) is 18.6. The van der Waals surface area contributed by atoms with Crippen LogP contribution in [0.2, 0.25) is 0 Å². The van der Waals surface area contributed by atoms with Crippen LogP contribution in [0, 0.1) is 0 Å². The first kappa shape index (κ1) is 32.9. The van der Waals surface area contributed by atoms with E-state index in [0.29, 0.717) is 22.5 Å². The predicted molar refractivity (Wildman–Crippen MR) is 224 cm³/mol. The monoisotopic (exact) mass is 745 g/mol. The van der Waals surface area contributed by atoms with E-state index >= 15 is 0 Å². The van der Waals surface area contributed by atoms with Crippen LogP contribution in [0.3, 0.4) is 0 Å². The molecule has 5 nitrogen and oxygen atoms in total.